The van der Waals surface area contributed by atoms with Crippen molar-refractivity contribution in [1.29, 1.82) is 0 Å². The normalized spacial score (nSPS) is 14.6. The molecule has 1 atom stereocenters. The minimum absolute atomic E-state index is 0.0216. The van der Waals surface area contributed by atoms with Crippen molar-refractivity contribution in [3.63, 3.8) is 0 Å². The summed E-state index contributed by atoms with van der Waals surface area (Å²) in [6.45, 7) is 5.32. The van der Waals surface area contributed by atoms with E-state index in [-0.39, 0.29) is 6.10 Å². The Kier molecular flexibility index (Phi) is 7.39. The molecule has 0 saturated carbocycles. The first-order valence-corrected chi connectivity index (χ1v) is 9.92. The van der Waals surface area contributed by atoms with E-state index in [0.29, 0.717) is 13.1 Å². The summed E-state index contributed by atoms with van der Waals surface area (Å²) >= 11 is 0. The average molecular weight is 395 g/mol. The molecule has 0 fully saturated rings. The van der Waals surface area contributed by atoms with Gasteiger partial charge in [-0.15, -0.1) is 0 Å². The summed E-state index contributed by atoms with van der Waals surface area (Å²) in [4.78, 5) is 6.65. The van der Waals surface area contributed by atoms with E-state index in [0.717, 1.165) is 30.5 Å². The zero-order chi connectivity index (χ0) is 20.5. The molecule has 29 heavy (non-hydrogen) atoms. The SMILES string of the molecule is CN=C(NCc1cccc(N2CC=CC2)c1)NCC(C)Oc1cccc(OC)c1. The van der Waals surface area contributed by atoms with Crippen LogP contribution in [0.3, 0.4) is 0 Å². The Hall–Kier alpha value is -3.15. The van der Waals surface area contributed by atoms with Gasteiger partial charge in [0, 0.05) is 38.4 Å². The van der Waals surface area contributed by atoms with Crippen LogP contribution in [-0.2, 0) is 6.54 Å². The average Bonchev–Trinajstić information content (AvgIpc) is 3.29. The number of methoxy groups -OCH3 is 1. The Morgan fingerprint density at radius 1 is 1.07 bits per heavy atom. The molecular weight excluding hydrogens is 364 g/mol. The predicted molar refractivity (Wildman–Crippen MR) is 119 cm³/mol. The van der Waals surface area contributed by atoms with Crippen molar-refractivity contribution < 1.29 is 9.47 Å². The van der Waals surface area contributed by atoms with E-state index in [4.69, 9.17) is 9.47 Å². The van der Waals surface area contributed by atoms with E-state index in [2.05, 4.69) is 56.9 Å². The molecule has 0 amide bonds. The van der Waals surface area contributed by atoms with E-state index >= 15 is 0 Å². The smallest absolute Gasteiger partial charge is 0.191 e. The van der Waals surface area contributed by atoms with Crippen molar-refractivity contribution in [2.45, 2.75) is 19.6 Å². The van der Waals surface area contributed by atoms with Gasteiger partial charge in [0.25, 0.3) is 0 Å². The third-order valence-corrected chi connectivity index (χ3v) is 4.71. The summed E-state index contributed by atoms with van der Waals surface area (Å²) in [7, 11) is 3.42. The number of hydrogen-bond acceptors (Lipinski definition) is 4. The lowest BCUT2D eigenvalue weighted by Gasteiger charge is -2.20. The molecular formula is C23H30N4O2. The van der Waals surface area contributed by atoms with Crippen LogP contribution in [0.1, 0.15) is 12.5 Å². The number of benzene rings is 2. The first-order chi connectivity index (χ1) is 14.2. The quantitative estimate of drug-likeness (QED) is 0.409. The molecule has 154 valence electrons. The molecule has 1 aliphatic rings. The summed E-state index contributed by atoms with van der Waals surface area (Å²) in [5.74, 6) is 2.32. The topological polar surface area (TPSA) is 58.1 Å². The van der Waals surface area contributed by atoms with E-state index in [1.165, 1.54) is 11.3 Å². The predicted octanol–water partition coefficient (Wildman–Crippen LogP) is 3.20. The van der Waals surface area contributed by atoms with Gasteiger partial charge in [-0.3, -0.25) is 4.99 Å². The van der Waals surface area contributed by atoms with E-state index in [1.807, 2.05) is 31.2 Å². The molecule has 0 aliphatic carbocycles. The molecule has 2 aromatic rings. The summed E-state index contributed by atoms with van der Waals surface area (Å²) in [5.41, 5.74) is 2.47. The Balaban J connectivity index is 1.46. The molecule has 3 rings (SSSR count). The Morgan fingerprint density at radius 3 is 2.59 bits per heavy atom. The molecule has 6 nitrogen and oxygen atoms in total. The molecule has 2 aromatic carbocycles. The zero-order valence-corrected chi connectivity index (χ0v) is 17.4. The van der Waals surface area contributed by atoms with Gasteiger partial charge in [0.15, 0.2) is 5.96 Å². The molecule has 0 bridgehead atoms. The number of ether oxygens (including phenoxy) is 2. The molecule has 2 N–H and O–H groups in total. The van der Waals surface area contributed by atoms with E-state index < -0.39 is 0 Å². The van der Waals surface area contributed by atoms with E-state index in [1.54, 1.807) is 14.2 Å². The van der Waals surface area contributed by atoms with Crippen LogP contribution in [0.25, 0.3) is 0 Å². The summed E-state index contributed by atoms with van der Waals surface area (Å²) < 4.78 is 11.2. The van der Waals surface area contributed by atoms with Crippen molar-refractivity contribution >= 4 is 11.6 Å². The highest BCUT2D eigenvalue weighted by atomic mass is 16.5. The van der Waals surface area contributed by atoms with Gasteiger partial charge < -0.3 is 25.0 Å². The maximum atomic E-state index is 5.95. The Labute approximate surface area is 173 Å². The third kappa shape index (κ3) is 6.17. The lowest BCUT2D eigenvalue weighted by molar-refractivity contribution is 0.223. The largest absolute Gasteiger partial charge is 0.497 e. The standard InChI is InChI=1S/C23H30N4O2/c1-18(29-22-11-7-10-21(15-22)28-3)16-25-23(24-2)26-17-19-8-6-9-20(14-19)27-12-4-5-13-27/h4-11,14-15,18H,12-13,16-17H2,1-3H3,(H2,24,25,26). The first-order valence-electron chi connectivity index (χ1n) is 9.92. The van der Waals surface area contributed by atoms with Crippen LogP contribution in [0, 0.1) is 0 Å². The molecule has 0 aromatic heterocycles. The van der Waals surface area contributed by atoms with Crippen LogP contribution in [0.2, 0.25) is 0 Å². The summed E-state index contributed by atoms with van der Waals surface area (Å²) in [5, 5.41) is 6.69. The maximum absolute atomic E-state index is 5.95. The monoisotopic (exact) mass is 394 g/mol. The molecule has 6 heteroatoms. The molecule has 1 aliphatic heterocycles. The maximum Gasteiger partial charge on any atom is 0.191 e. The molecule has 0 spiro atoms. The van der Waals surface area contributed by atoms with Gasteiger partial charge in [0.1, 0.15) is 17.6 Å². The van der Waals surface area contributed by atoms with Crippen molar-refractivity contribution in [2.24, 2.45) is 4.99 Å². The number of guanidine groups is 1. The number of aliphatic imine (C=N–C) groups is 1. The first kappa shape index (κ1) is 20.6. The number of hydrogen-bond donors (Lipinski definition) is 2. The second-order valence-corrected chi connectivity index (χ2v) is 6.96. The fourth-order valence-corrected chi connectivity index (χ4v) is 3.15. The van der Waals surface area contributed by atoms with Gasteiger partial charge in [-0.1, -0.05) is 30.4 Å². The van der Waals surface area contributed by atoms with E-state index in [9.17, 15) is 0 Å². The number of anilines is 1. The van der Waals surface area contributed by atoms with Crippen molar-refractivity contribution in [2.75, 3.05) is 38.7 Å². The number of nitrogens with one attached hydrogen (secondary N) is 2. The molecule has 1 heterocycles. The minimum atomic E-state index is -0.0216. The highest BCUT2D eigenvalue weighted by Crippen LogP contribution is 2.20. The molecule has 0 saturated heterocycles. The fourth-order valence-electron chi connectivity index (χ4n) is 3.15. The van der Waals surface area contributed by atoms with Crippen LogP contribution >= 0.6 is 0 Å². The Bertz CT molecular complexity index is 842. The highest BCUT2D eigenvalue weighted by Gasteiger charge is 2.09. The lowest BCUT2D eigenvalue weighted by atomic mass is 10.2. The van der Waals surface area contributed by atoms with Crippen molar-refractivity contribution in [3.05, 3.63) is 66.2 Å². The van der Waals surface area contributed by atoms with Crippen LogP contribution in [-0.4, -0.2) is 45.9 Å². The minimum Gasteiger partial charge on any atom is -0.497 e. The number of nitrogens with zero attached hydrogens (tertiary/aromatic N) is 2. The van der Waals surface area contributed by atoms with Gasteiger partial charge in [0.2, 0.25) is 0 Å². The van der Waals surface area contributed by atoms with Crippen LogP contribution in [0.15, 0.2) is 65.7 Å². The second kappa shape index (κ2) is 10.4. The van der Waals surface area contributed by atoms with Crippen molar-refractivity contribution in [1.82, 2.24) is 10.6 Å². The van der Waals surface area contributed by atoms with Crippen molar-refractivity contribution in [3.8, 4) is 11.5 Å². The van der Waals surface area contributed by atoms with Gasteiger partial charge in [-0.25, -0.2) is 0 Å². The highest BCUT2D eigenvalue weighted by molar-refractivity contribution is 5.79. The summed E-state index contributed by atoms with van der Waals surface area (Å²) in [6.07, 6.45) is 4.38. The third-order valence-electron chi connectivity index (χ3n) is 4.71. The Morgan fingerprint density at radius 2 is 1.83 bits per heavy atom. The zero-order valence-electron chi connectivity index (χ0n) is 17.4. The molecule has 1 unspecified atom stereocenters. The fraction of sp³-hybridized carbons (Fsp3) is 0.348. The van der Waals surface area contributed by atoms with Crippen LogP contribution < -0.4 is 25.0 Å². The lowest BCUT2D eigenvalue weighted by Crippen LogP contribution is -2.41. The number of rotatable bonds is 8. The van der Waals surface area contributed by atoms with Gasteiger partial charge in [-0.05, 0) is 36.8 Å². The van der Waals surface area contributed by atoms with Gasteiger partial charge in [-0.2, -0.15) is 0 Å². The van der Waals surface area contributed by atoms with Crippen LogP contribution in [0.5, 0.6) is 11.5 Å². The second-order valence-electron chi connectivity index (χ2n) is 6.96. The van der Waals surface area contributed by atoms with Crippen LogP contribution in [0.4, 0.5) is 5.69 Å². The van der Waals surface area contributed by atoms with Gasteiger partial charge >= 0.3 is 0 Å². The summed E-state index contributed by atoms with van der Waals surface area (Å²) in [6, 6.07) is 16.2. The molecule has 0 radical (unpaired) electrons. The van der Waals surface area contributed by atoms with Gasteiger partial charge in [0.05, 0.1) is 13.7 Å².